The van der Waals surface area contributed by atoms with Crippen molar-refractivity contribution in [3.05, 3.63) is 33.8 Å². The van der Waals surface area contributed by atoms with Gasteiger partial charge in [-0.05, 0) is 28.1 Å². The van der Waals surface area contributed by atoms with Crippen molar-refractivity contribution in [1.29, 1.82) is 0 Å². The molecule has 0 radical (unpaired) electrons. The Morgan fingerprint density at radius 2 is 2.00 bits per heavy atom. The summed E-state index contributed by atoms with van der Waals surface area (Å²) in [5, 5.41) is 8.51. The maximum atomic E-state index is 13.1. The number of benzene rings is 1. The molecule has 12 heavy (non-hydrogen) atoms. The first kappa shape index (κ1) is 9.61. The lowest BCUT2D eigenvalue weighted by Gasteiger charge is -2.03. The fraction of sp³-hybridized carbons (Fsp3) is 0.250. The molecule has 0 aliphatic heterocycles. The monoisotopic (exact) mass is 236 g/mol. The minimum Gasteiger partial charge on any atom is -0.396 e. The van der Waals surface area contributed by atoms with Crippen LogP contribution in [0.3, 0.4) is 0 Å². The summed E-state index contributed by atoms with van der Waals surface area (Å²) >= 11 is 2.93. The predicted molar refractivity (Wildman–Crippen MR) is 44.8 cm³/mol. The molecule has 1 N–H and O–H groups in total. The summed E-state index contributed by atoms with van der Waals surface area (Å²) in [5.74, 6) is -1.26. The van der Waals surface area contributed by atoms with Gasteiger partial charge in [0.05, 0.1) is 4.47 Å². The Kier molecular flexibility index (Phi) is 3.17. The number of halogens is 3. The van der Waals surface area contributed by atoms with Crippen LogP contribution >= 0.6 is 15.9 Å². The number of hydrogen-bond acceptors (Lipinski definition) is 1. The number of aliphatic hydroxyl groups is 1. The van der Waals surface area contributed by atoms with Gasteiger partial charge in [-0.15, -0.1) is 0 Å². The zero-order chi connectivity index (χ0) is 9.14. The standard InChI is InChI=1S/C8H7BrF2O/c9-6-1-2-7(10)5(3-4-12)8(6)11/h1-2,12H,3-4H2. The van der Waals surface area contributed by atoms with Crippen molar-refractivity contribution in [1.82, 2.24) is 0 Å². The van der Waals surface area contributed by atoms with Crippen molar-refractivity contribution in [2.75, 3.05) is 6.61 Å². The van der Waals surface area contributed by atoms with Crippen molar-refractivity contribution in [2.24, 2.45) is 0 Å². The third-order valence-corrected chi connectivity index (χ3v) is 2.11. The smallest absolute Gasteiger partial charge is 0.143 e. The third-order valence-electron chi connectivity index (χ3n) is 1.50. The van der Waals surface area contributed by atoms with Crippen LogP contribution in [0.1, 0.15) is 5.56 Å². The molecule has 66 valence electrons. The molecule has 0 bridgehead atoms. The summed E-state index contributed by atoms with van der Waals surface area (Å²) in [5.41, 5.74) is -0.0770. The maximum absolute atomic E-state index is 13.1. The van der Waals surface area contributed by atoms with Crippen molar-refractivity contribution in [3.8, 4) is 0 Å². The lowest BCUT2D eigenvalue weighted by atomic mass is 10.1. The predicted octanol–water partition coefficient (Wildman–Crippen LogP) is 2.26. The van der Waals surface area contributed by atoms with Crippen molar-refractivity contribution < 1.29 is 13.9 Å². The normalized spacial score (nSPS) is 10.3. The Morgan fingerprint density at radius 1 is 1.33 bits per heavy atom. The molecule has 4 heteroatoms. The molecule has 0 amide bonds. The van der Waals surface area contributed by atoms with E-state index in [1.165, 1.54) is 6.07 Å². The average Bonchev–Trinajstić information content (AvgIpc) is 2.06. The Hall–Kier alpha value is -0.480. The van der Waals surface area contributed by atoms with Crippen LogP contribution in [-0.4, -0.2) is 11.7 Å². The summed E-state index contributed by atoms with van der Waals surface area (Å²) in [7, 11) is 0. The van der Waals surface area contributed by atoms with E-state index in [0.29, 0.717) is 0 Å². The van der Waals surface area contributed by atoms with Gasteiger partial charge < -0.3 is 5.11 Å². The molecule has 1 nitrogen and oxygen atoms in total. The zero-order valence-electron chi connectivity index (χ0n) is 6.15. The van der Waals surface area contributed by atoms with E-state index >= 15 is 0 Å². The van der Waals surface area contributed by atoms with E-state index in [2.05, 4.69) is 15.9 Å². The number of rotatable bonds is 2. The topological polar surface area (TPSA) is 20.2 Å². The Bertz CT molecular complexity index is 289. The third kappa shape index (κ3) is 1.81. The van der Waals surface area contributed by atoms with E-state index in [1.807, 2.05) is 0 Å². The van der Waals surface area contributed by atoms with Crippen LogP contribution in [-0.2, 0) is 6.42 Å². The Morgan fingerprint density at radius 3 is 2.58 bits per heavy atom. The van der Waals surface area contributed by atoms with Gasteiger partial charge in [0.25, 0.3) is 0 Å². The van der Waals surface area contributed by atoms with Crippen molar-refractivity contribution in [3.63, 3.8) is 0 Å². The SMILES string of the molecule is OCCc1c(F)ccc(Br)c1F. The van der Waals surface area contributed by atoms with Crippen LogP contribution in [0.25, 0.3) is 0 Å². The molecule has 0 atom stereocenters. The largest absolute Gasteiger partial charge is 0.396 e. The molecular weight excluding hydrogens is 230 g/mol. The molecule has 0 aromatic heterocycles. The lowest BCUT2D eigenvalue weighted by Crippen LogP contribution is -1.99. The van der Waals surface area contributed by atoms with Crippen LogP contribution in [0.2, 0.25) is 0 Å². The molecule has 0 aliphatic carbocycles. The molecule has 0 saturated carbocycles. The molecular formula is C8H7BrF2O. The van der Waals surface area contributed by atoms with Gasteiger partial charge in [-0.2, -0.15) is 0 Å². The van der Waals surface area contributed by atoms with E-state index < -0.39 is 11.6 Å². The van der Waals surface area contributed by atoms with E-state index in [9.17, 15) is 8.78 Å². The minimum absolute atomic E-state index is 0.00287. The van der Waals surface area contributed by atoms with Gasteiger partial charge in [0.1, 0.15) is 11.6 Å². The first-order chi connectivity index (χ1) is 5.66. The molecule has 1 aromatic carbocycles. The summed E-state index contributed by atoms with van der Waals surface area (Å²) in [4.78, 5) is 0. The first-order valence-electron chi connectivity index (χ1n) is 3.40. The van der Waals surface area contributed by atoms with Crippen molar-refractivity contribution in [2.45, 2.75) is 6.42 Å². The van der Waals surface area contributed by atoms with E-state index in [-0.39, 0.29) is 23.1 Å². The second-order valence-electron chi connectivity index (χ2n) is 2.30. The van der Waals surface area contributed by atoms with Gasteiger partial charge in [-0.1, -0.05) is 0 Å². The van der Waals surface area contributed by atoms with E-state index in [4.69, 9.17) is 5.11 Å². The maximum Gasteiger partial charge on any atom is 0.143 e. The van der Waals surface area contributed by atoms with E-state index in [0.717, 1.165) is 6.07 Å². The number of aliphatic hydroxyl groups excluding tert-OH is 1. The first-order valence-corrected chi connectivity index (χ1v) is 4.19. The summed E-state index contributed by atoms with van der Waals surface area (Å²) in [6.07, 6.45) is -0.00287. The van der Waals surface area contributed by atoms with Gasteiger partial charge in [0.2, 0.25) is 0 Å². The van der Waals surface area contributed by atoms with Gasteiger partial charge in [-0.3, -0.25) is 0 Å². The lowest BCUT2D eigenvalue weighted by molar-refractivity contribution is 0.295. The fourth-order valence-electron chi connectivity index (χ4n) is 0.910. The Balaban J connectivity index is 3.14. The highest BCUT2D eigenvalue weighted by atomic mass is 79.9. The second-order valence-corrected chi connectivity index (χ2v) is 3.15. The quantitative estimate of drug-likeness (QED) is 0.782. The van der Waals surface area contributed by atoms with Gasteiger partial charge in [0, 0.05) is 18.6 Å². The fourth-order valence-corrected chi connectivity index (χ4v) is 1.28. The van der Waals surface area contributed by atoms with Crippen LogP contribution in [0, 0.1) is 11.6 Å². The van der Waals surface area contributed by atoms with Crippen LogP contribution in [0.15, 0.2) is 16.6 Å². The van der Waals surface area contributed by atoms with Gasteiger partial charge in [-0.25, -0.2) is 8.78 Å². The van der Waals surface area contributed by atoms with Crippen molar-refractivity contribution >= 4 is 15.9 Å². The minimum atomic E-state index is -0.635. The van der Waals surface area contributed by atoms with Crippen LogP contribution in [0.5, 0.6) is 0 Å². The average molecular weight is 237 g/mol. The summed E-state index contributed by atoms with van der Waals surface area (Å²) in [6.45, 7) is -0.260. The molecule has 0 fully saturated rings. The summed E-state index contributed by atoms with van der Waals surface area (Å²) in [6, 6.07) is 2.46. The Labute approximate surface area is 77.2 Å². The highest BCUT2D eigenvalue weighted by Crippen LogP contribution is 2.21. The van der Waals surface area contributed by atoms with Crippen LogP contribution in [0.4, 0.5) is 8.78 Å². The molecule has 0 aliphatic rings. The molecule has 1 rings (SSSR count). The zero-order valence-corrected chi connectivity index (χ0v) is 7.74. The second kappa shape index (κ2) is 3.96. The molecule has 0 spiro atoms. The molecule has 0 heterocycles. The van der Waals surface area contributed by atoms with Gasteiger partial charge >= 0.3 is 0 Å². The highest BCUT2D eigenvalue weighted by molar-refractivity contribution is 9.10. The molecule has 1 aromatic rings. The molecule has 0 saturated heterocycles. The van der Waals surface area contributed by atoms with Gasteiger partial charge in [0.15, 0.2) is 0 Å². The summed E-state index contributed by atoms with van der Waals surface area (Å²) < 4.78 is 26.1. The van der Waals surface area contributed by atoms with E-state index in [1.54, 1.807) is 0 Å². The molecule has 0 unspecified atom stereocenters. The van der Waals surface area contributed by atoms with Crippen LogP contribution < -0.4 is 0 Å². The highest BCUT2D eigenvalue weighted by Gasteiger charge is 2.10. The number of hydrogen-bond donors (Lipinski definition) is 1.